The molecule has 4 nitrogen and oxygen atoms in total. The molecule has 0 aliphatic carbocycles. The molecule has 5 heteroatoms. The molecule has 0 saturated heterocycles. The molecule has 0 N–H and O–H groups in total. The topological polar surface area (TPSA) is 51.6 Å². The highest BCUT2D eigenvalue weighted by molar-refractivity contribution is 7.98. The molecule has 2 aromatic carbocycles. The summed E-state index contributed by atoms with van der Waals surface area (Å²) >= 11 is 1.49. The Morgan fingerprint density at radius 2 is 1.55 bits per heavy atom. The van der Waals surface area contributed by atoms with Crippen molar-refractivity contribution in [2.45, 2.75) is 5.16 Å². The van der Waals surface area contributed by atoms with Crippen LogP contribution < -0.4 is 0 Å². The van der Waals surface area contributed by atoms with Gasteiger partial charge in [-0.15, -0.1) is 10.2 Å². The van der Waals surface area contributed by atoms with E-state index in [4.69, 9.17) is 0 Å². The van der Waals surface area contributed by atoms with Crippen molar-refractivity contribution in [2.24, 2.45) is 0 Å². The van der Waals surface area contributed by atoms with Gasteiger partial charge in [-0.2, -0.15) is 0 Å². The second-order valence-electron chi connectivity index (χ2n) is 4.44. The van der Waals surface area contributed by atoms with Gasteiger partial charge >= 0.3 is 0 Å². The monoisotopic (exact) mass is 278 g/mol. The summed E-state index contributed by atoms with van der Waals surface area (Å²) < 4.78 is 0. The highest BCUT2D eigenvalue weighted by Gasteiger charge is 2.12. The van der Waals surface area contributed by atoms with E-state index in [2.05, 4.69) is 26.2 Å². The minimum absolute atomic E-state index is 0.679. The predicted molar refractivity (Wildman–Crippen MR) is 81.9 cm³/mol. The van der Waals surface area contributed by atoms with Gasteiger partial charge in [0, 0.05) is 22.4 Å². The van der Waals surface area contributed by atoms with Gasteiger partial charge in [-0.1, -0.05) is 36.0 Å². The van der Waals surface area contributed by atoms with E-state index in [0.717, 1.165) is 32.7 Å². The highest BCUT2D eigenvalue weighted by atomic mass is 32.2. The largest absolute Gasteiger partial charge is 0.256 e. The molecule has 0 radical (unpaired) electrons. The molecule has 96 valence electrons. The fourth-order valence-corrected chi connectivity index (χ4v) is 2.78. The lowest BCUT2D eigenvalue weighted by atomic mass is 10.0. The van der Waals surface area contributed by atoms with Gasteiger partial charge in [0.25, 0.3) is 0 Å². The number of fused-ring (bicyclic) bond motifs is 6. The van der Waals surface area contributed by atoms with Crippen LogP contribution in [0.4, 0.5) is 0 Å². The van der Waals surface area contributed by atoms with Gasteiger partial charge in [0.2, 0.25) is 5.16 Å². The number of thioether (sulfide) groups is 1. The van der Waals surface area contributed by atoms with E-state index in [9.17, 15) is 0 Å². The van der Waals surface area contributed by atoms with Crippen LogP contribution in [-0.4, -0.2) is 26.4 Å². The molecular formula is C15H10N4S. The van der Waals surface area contributed by atoms with Gasteiger partial charge in [-0.05, 0) is 18.4 Å². The first-order valence-corrected chi connectivity index (χ1v) is 7.45. The Balaban J connectivity index is 2.35. The van der Waals surface area contributed by atoms with E-state index in [-0.39, 0.29) is 0 Å². The number of aromatic nitrogens is 4. The van der Waals surface area contributed by atoms with Gasteiger partial charge in [0.05, 0.1) is 5.52 Å². The standard InChI is InChI=1S/C15H10N4S/c1-20-15-17-13-11-7-4-8-16-12(11)9-5-2-3-6-10(9)14(13)18-19-15/h2-8H,1H3. The molecule has 0 amide bonds. The number of hydrogen-bond acceptors (Lipinski definition) is 5. The minimum Gasteiger partial charge on any atom is -0.256 e. The minimum atomic E-state index is 0.679. The molecule has 0 aliphatic rings. The van der Waals surface area contributed by atoms with Crippen molar-refractivity contribution in [1.82, 2.24) is 20.2 Å². The van der Waals surface area contributed by atoms with Crippen LogP contribution >= 0.6 is 11.8 Å². The maximum Gasteiger partial charge on any atom is 0.209 e. The van der Waals surface area contributed by atoms with Gasteiger partial charge in [0.15, 0.2) is 0 Å². The molecule has 0 aliphatic heterocycles. The molecule has 0 fully saturated rings. The van der Waals surface area contributed by atoms with Crippen molar-refractivity contribution < 1.29 is 0 Å². The maximum atomic E-state index is 4.62. The van der Waals surface area contributed by atoms with Crippen LogP contribution in [0, 0.1) is 0 Å². The number of nitrogens with zero attached hydrogens (tertiary/aromatic N) is 4. The van der Waals surface area contributed by atoms with Crippen molar-refractivity contribution in [3.63, 3.8) is 0 Å². The fraction of sp³-hybridized carbons (Fsp3) is 0.0667. The Labute approximate surface area is 119 Å². The van der Waals surface area contributed by atoms with Crippen molar-refractivity contribution >= 4 is 44.5 Å². The van der Waals surface area contributed by atoms with Crippen LogP contribution in [0.15, 0.2) is 47.8 Å². The third-order valence-electron chi connectivity index (χ3n) is 3.35. The van der Waals surface area contributed by atoms with Crippen molar-refractivity contribution in [3.8, 4) is 0 Å². The first kappa shape index (κ1) is 11.5. The lowest BCUT2D eigenvalue weighted by Crippen LogP contribution is -1.95. The molecule has 0 atom stereocenters. The van der Waals surface area contributed by atoms with Gasteiger partial charge in [-0.25, -0.2) is 4.98 Å². The van der Waals surface area contributed by atoms with E-state index in [1.807, 2.05) is 42.8 Å². The highest BCUT2D eigenvalue weighted by Crippen LogP contribution is 2.31. The smallest absolute Gasteiger partial charge is 0.209 e. The second-order valence-corrected chi connectivity index (χ2v) is 5.21. The third kappa shape index (κ3) is 1.56. The summed E-state index contributed by atoms with van der Waals surface area (Å²) in [6.45, 7) is 0. The summed E-state index contributed by atoms with van der Waals surface area (Å²) in [5.74, 6) is 0. The van der Waals surface area contributed by atoms with Crippen molar-refractivity contribution in [1.29, 1.82) is 0 Å². The lowest BCUT2D eigenvalue weighted by molar-refractivity contribution is 0.886. The van der Waals surface area contributed by atoms with E-state index in [0.29, 0.717) is 5.16 Å². The van der Waals surface area contributed by atoms with Gasteiger partial charge < -0.3 is 0 Å². The van der Waals surface area contributed by atoms with Gasteiger partial charge in [0.1, 0.15) is 11.0 Å². The summed E-state index contributed by atoms with van der Waals surface area (Å²) in [5.41, 5.74) is 2.66. The molecule has 4 rings (SSSR count). The Morgan fingerprint density at radius 1 is 0.800 bits per heavy atom. The first-order valence-electron chi connectivity index (χ1n) is 6.22. The Kier molecular flexibility index (Phi) is 2.53. The van der Waals surface area contributed by atoms with Crippen LogP contribution in [0.1, 0.15) is 0 Å². The zero-order valence-electron chi connectivity index (χ0n) is 10.7. The quantitative estimate of drug-likeness (QED) is 0.394. The Morgan fingerprint density at radius 3 is 2.35 bits per heavy atom. The van der Waals surface area contributed by atoms with Gasteiger partial charge in [-0.3, -0.25) is 4.98 Å². The average molecular weight is 278 g/mol. The summed E-state index contributed by atoms with van der Waals surface area (Å²) in [6, 6.07) is 12.1. The fourth-order valence-electron chi connectivity index (χ4n) is 2.47. The summed E-state index contributed by atoms with van der Waals surface area (Å²) in [6.07, 6.45) is 3.76. The normalized spacial score (nSPS) is 11.4. The van der Waals surface area contributed by atoms with Crippen LogP contribution in [-0.2, 0) is 0 Å². The number of rotatable bonds is 1. The number of pyridine rings is 1. The summed E-state index contributed by atoms with van der Waals surface area (Å²) in [7, 11) is 0. The van der Waals surface area contributed by atoms with Crippen molar-refractivity contribution in [3.05, 3.63) is 42.6 Å². The maximum absolute atomic E-state index is 4.62. The SMILES string of the molecule is CSc1nnc2c3ccccc3c3ncccc3c2n1. The third-order valence-corrected chi connectivity index (χ3v) is 3.89. The van der Waals surface area contributed by atoms with Crippen LogP contribution in [0.5, 0.6) is 0 Å². The average Bonchev–Trinajstić information content (AvgIpc) is 2.54. The number of hydrogen-bond donors (Lipinski definition) is 0. The molecule has 0 unspecified atom stereocenters. The van der Waals surface area contributed by atoms with Crippen LogP contribution in [0.25, 0.3) is 32.7 Å². The zero-order chi connectivity index (χ0) is 13.5. The van der Waals surface area contributed by atoms with E-state index in [1.54, 1.807) is 0 Å². The molecule has 0 saturated carbocycles. The van der Waals surface area contributed by atoms with Crippen LogP contribution in [0.2, 0.25) is 0 Å². The predicted octanol–water partition coefficient (Wildman–Crippen LogP) is 3.45. The Hall–Kier alpha value is -2.27. The van der Waals surface area contributed by atoms with E-state index >= 15 is 0 Å². The zero-order valence-corrected chi connectivity index (χ0v) is 11.6. The summed E-state index contributed by atoms with van der Waals surface area (Å²) in [5, 5.41) is 12.4. The molecule has 4 aromatic rings. The van der Waals surface area contributed by atoms with E-state index < -0.39 is 0 Å². The molecule has 2 heterocycles. The lowest BCUT2D eigenvalue weighted by Gasteiger charge is -2.07. The molecular weight excluding hydrogens is 268 g/mol. The Bertz CT molecular complexity index is 917. The molecule has 0 spiro atoms. The van der Waals surface area contributed by atoms with E-state index in [1.165, 1.54) is 11.8 Å². The summed E-state index contributed by atoms with van der Waals surface area (Å²) in [4.78, 5) is 9.14. The second kappa shape index (κ2) is 4.38. The number of benzene rings is 2. The first-order chi connectivity index (χ1) is 9.88. The molecule has 20 heavy (non-hydrogen) atoms. The van der Waals surface area contributed by atoms with Crippen LogP contribution in [0.3, 0.4) is 0 Å². The molecule has 0 bridgehead atoms. The molecule has 2 aromatic heterocycles. The van der Waals surface area contributed by atoms with Crippen molar-refractivity contribution in [2.75, 3.05) is 6.26 Å².